The summed E-state index contributed by atoms with van der Waals surface area (Å²) >= 11 is 0. The van der Waals surface area contributed by atoms with Gasteiger partial charge in [-0.3, -0.25) is 4.79 Å². The largest absolute Gasteiger partial charge is 0.497 e. The van der Waals surface area contributed by atoms with E-state index in [1.165, 1.54) is 0 Å². The highest BCUT2D eigenvalue weighted by Crippen LogP contribution is 2.23. The molecule has 112 valence electrons. The summed E-state index contributed by atoms with van der Waals surface area (Å²) in [6, 6.07) is 7.78. The van der Waals surface area contributed by atoms with E-state index in [1.807, 2.05) is 24.3 Å². The zero-order valence-electron chi connectivity index (χ0n) is 12.5. The summed E-state index contributed by atoms with van der Waals surface area (Å²) in [6.45, 7) is 4.75. The molecule has 0 saturated heterocycles. The van der Waals surface area contributed by atoms with Gasteiger partial charge in [0.05, 0.1) is 19.1 Å². The zero-order chi connectivity index (χ0) is 15.0. The number of carbonyl (C=O) groups is 1. The molecule has 1 aromatic carbocycles. The van der Waals surface area contributed by atoms with Gasteiger partial charge in [0.25, 0.3) is 0 Å². The maximum atomic E-state index is 10.9. The molecule has 4 nitrogen and oxygen atoms in total. The molecule has 1 rings (SSSR count). The van der Waals surface area contributed by atoms with Crippen LogP contribution in [-0.2, 0) is 16.1 Å². The summed E-state index contributed by atoms with van der Waals surface area (Å²) in [6.07, 6.45) is 2.42. The minimum absolute atomic E-state index is 0.576. The molecule has 0 aliphatic rings. The molecule has 0 aliphatic heterocycles. The van der Waals surface area contributed by atoms with Crippen molar-refractivity contribution in [2.75, 3.05) is 13.7 Å². The van der Waals surface area contributed by atoms with Crippen molar-refractivity contribution >= 4 is 5.97 Å². The average molecular weight is 280 g/mol. The molecule has 0 heterocycles. The van der Waals surface area contributed by atoms with Gasteiger partial charge in [0, 0.05) is 6.61 Å². The highest BCUT2D eigenvalue weighted by atomic mass is 16.5. The molecule has 0 bridgehead atoms. The summed E-state index contributed by atoms with van der Waals surface area (Å²) in [4.78, 5) is 10.9. The van der Waals surface area contributed by atoms with Gasteiger partial charge in [0.1, 0.15) is 5.75 Å². The van der Waals surface area contributed by atoms with Crippen molar-refractivity contribution in [1.29, 1.82) is 0 Å². The smallest absolute Gasteiger partial charge is 0.309 e. The van der Waals surface area contributed by atoms with Crippen LogP contribution < -0.4 is 4.74 Å². The summed E-state index contributed by atoms with van der Waals surface area (Å²) < 4.78 is 10.7. The third kappa shape index (κ3) is 5.61. The molecule has 0 radical (unpaired) electrons. The van der Waals surface area contributed by atoms with E-state index >= 15 is 0 Å². The Kier molecular flexibility index (Phi) is 6.52. The van der Waals surface area contributed by atoms with E-state index in [0.29, 0.717) is 19.6 Å². The first-order chi connectivity index (χ1) is 9.45. The first-order valence-electron chi connectivity index (χ1n) is 6.90. The van der Waals surface area contributed by atoms with E-state index in [4.69, 9.17) is 14.6 Å². The van der Waals surface area contributed by atoms with Gasteiger partial charge in [-0.1, -0.05) is 18.6 Å². The minimum Gasteiger partial charge on any atom is -0.497 e. The summed E-state index contributed by atoms with van der Waals surface area (Å²) in [5.74, 6) is 0.0984. The first-order valence-corrected chi connectivity index (χ1v) is 6.90. The molecule has 1 N–H and O–H groups in total. The van der Waals surface area contributed by atoms with Crippen LogP contribution in [0.25, 0.3) is 0 Å². The zero-order valence-corrected chi connectivity index (χ0v) is 12.5. The Labute approximate surface area is 120 Å². The van der Waals surface area contributed by atoms with Crippen molar-refractivity contribution in [3.63, 3.8) is 0 Å². The number of aliphatic carboxylic acids is 1. The number of methoxy groups -OCH3 is 1. The number of hydrogen-bond donors (Lipinski definition) is 1. The third-order valence-corrected chi connectivity index (χ3v) is 3.35. The van der Waals surface area contributed by atoms with Crippen molar-refractivity contribution in [2.24, 2.45) is 5.41 Å². The predicted molar refractivity (Wildman–Crippen MR) is 77.9 cm³/mol. The molecule has 0 aliphatic carbocycles. The summed E-state index contributed by atoms with van der Waals surface area (Å²) in [5.41, 5.74) is 0.465. The molecule has 0 atom stereocenters. The van der Waals surface area contributed by atoms with Gasteiger partial charge in [-0.25, -0.2) is 0 Å². The van der Waals surface area contributed by atoms with E-state index in [9.17, 15) is 4.79 Å². The average Bonchev–Trinajstić information content (AvgIpc) is 2.43. The lowest BCUT2D eigenvalue weighted by molar-refractivity contribution is -0.147. The lowest BCUT2D eigenvalue weighted by atomic mass is 9.87. The minimum atomic E-state index is -0.739. The second-order valence-corrected chi connectivity index (χ2v) is 5.55. The van der Waals surface area contributed by atoms with E-state index in [0.717, 1.165) is 24.2 Å². The highest BCUT2D eigenvalue weighted by Gasteiger charge is 2.25. The Balaban J connectivity index is 2.14. The van der Waals surface area contributed by atoms with Gasteiger partial charge in [-0.15, -0.1) is 0 Å². The molecule has 0 fully saturated rings. The molecule has 20 heavy (non-hydrogen) atoms. The molecular formula is C16H24O4. The molecule has 4 heteroatoms. The van der Waals surface area contributed by atoms with Crippen molar-refractivity contribution < 1.29 is 19.4 Å². The van der Waals surface area contributed by atoms with Crippen LogP contribution in [0.3, 0.4) is 0 Å². The number of unbranched alkanes of at least 4 members (excludes halogenated alkanes) is 1. The molecule has 0 unspecified atom stereocenters. The fourth-order valence-electron chi connectivity index (χ4n) is 1.79. The predicted octanol–water partition coefficient (Wildman–Crippen LogP) is 3.49. The number of ether oxygens (including phenoxy) is 2. The molecular weight excluding hydrogens is 256 g/mol. The van der Waals surface area contributed by atoms with Crippen molar-refractivity contribution in [3.05, 3.63) is 29.8 Å². The third-order valence-electron chi connectivity index (χ3n) is 3.35. The summed E-state index contributed by atoms with van der Waals surface area (Å²) in [7, 11) is 1.64. The van der Waals surface area contributed by atoms with Gasteiger partial charge in [-0.05, 0) is 44.4 Å². The Morgan fingerprint density at radius 3 is 2.40 bits per heavy atom. The molecule has 1 aromatic rings. The van der Waals surface area contributed by atoms with Crippen molar-refractivity contribution in [2.45, 2.75) is 39.7 Å². The Morgan fingerprint density at radius 2 is 1.85 bits per heavy atom. The molecule has 0 aromatic heterocycles. The second-order valence-electron chi connectivity index (χ2n) is 5.55. The van der Waals surface area contributed by atoms with E-state index in [2.05, 4.69) is 0 Å². The maximum absolute atomic E-state index is 10.9. The first kappa shape index (κ1) is 16.5. The number of rotatable bonds is 9. The van der Waals surface area contributed by atoms with Gasteiger partial charge in [0.2, 0.25) is 0 Å². The monoisotopic (exact) mass is 280 g/mol. The van der Waals surface area contributed by atoms with Crippen LogP contribution in [0.4, 0.5) is 0 Å². The van der Waals surface area contributed by atoms with E-state index in [-0.39, 0.29) is 0 Å². The number of carboxylic acid groups (broad SMARTS) is 1. The van der Waals surface area contributed by atoms with Crippen molar-refractivity contribution in [3.8, 4) is 5.75 Å². The topological polar surface area (TPSA) is 55.8 Å². The van der Waals surface area contributed by atoms with E-state index in [1.54, 1.807) is 21.0 Å². The fourth-order valence-corrected chi connectivity index (χ4v) is 1.79. The van der Waals surface area contributed by atoms with Crippen molar-refractivity contribution in [1.82, 2.24) is 0 Å². The van der Waals surface area contributed by atoms with Gasteiger partial charge < -0.3 is 14.6 Å². The van der Waals surface area contributed by atoms with Gasteiger partial charge in [0.15, 0.2) is 0 Å². The van der Waals surface area contributed by atoms with Crippen LogP contribution in [0, 0.1) is 5.41 Å². The van der Waals surface area contributed by atoms with Crippen LogP contribution in [0.1, 0.15) is 38.7 Å². The normalized spacial score (nSPS) is 11.3. The van der Waals surface area contributed by atoms with Crippen LogP contribution in [-0.4, -0.2) is 24.8 Å². The molecule has 0 saturated carbocycles. The number of hydrogen-bond acceptors (Lipinski definition) is 3. The standard InChI is InChI=1S/C16H24O4/c1-16(2,15(17)18)10-4-5-11-20-12-13-6-8-14(19-3)9-7-13/h6-9H,4-5,10-12H2,1-3H3,(H,17,18). The molecule has 0 spiro atoms. The van der Waals surface area contributed by atoms with Gasteiger partial charge in [-0.2, -0.15) is 0 Å². The second kappa shape index (κ2) is 7.90. The maximum Gasteiger partial charge on any atom is 0.309 e. The highest BCUT2D eigenvalue weighted by molar-refractivity contribution is 5.73. The SMILES string of the molecule is COc1ccc(COCCCCC(C)(C)C(=O)O)cc1. The number of benzene rings is 1. The van der Waals surface area contributed by atoms with Crippen LogP contribution >= 0.6 is 0 Å². The van der Waals surface area contributed by atoms with Crippen LogP contribution in [0.2, 0.25) is 0 Å². The Hall–Kier alpha value is -1.55. The molecule has 0 amide bonds. The number of carboxylic acids is 1. The quantitative estimate of drug-likeness (QED) is 0.703. The van der Waals surface area contributed by atoms with E-state index < -0.39 is 11.4 Å². The van der Waals surface area contributed by atoms with Crippen LogP contribution in [0.5, 0.6) is 5.75 Å². The Bertz CT molecular complexity index is 409. The van der Waals surface area contributed by atoms with Crippen LogP contribution in [0.15, 0.2) is 24.3 Å². The lowest BCUT2D eigenvalue weighted by Crippen LogP contribution is -2.23. The fraction of sp³-hybridized carbons (Fsp3) is 0.562. The summed E-state index contributed by atoms with van der Waals surface area (Å²) in [5, 5.41) is 8.99. The lowest BCUT2D eigenvalue weighted by Gasteiger charge is -2.18. The van der Waals surface area contributed by atoms with Gasteiger partial charge >= 0.3 is 5.97 Å². The Morgan fingerprint density at radius 1 is 1.20 bits per heavy atom.